The molecule has 0 bridgehead atoms. The van der Waals surface area contributed by atoms with E-state index in [9.17, 15) is 4.39 Å². The van der Waals surface area contributed by atoms with Gasteiger partial charge in [0.1, 0.15) is 5.82 Å². The summed E-state index contributed by atoms with van der Waals surface area (Å²) in [6.45, 7) is 0. The van der Waals surface area contributed by atoms with Crippen LogP contribution in [-0.2, 0) is 0 Å². The molecule has 1 rings (SSSR count). The number of hydrogen-bond donors (Lipinski definition) is 1. The van der Waals surface area contributed by atoms with Gasteiger partial charge in [-0.2, -0.15) is 0 Å². The molecule has 0 aliphatic carbocycles. The highest BCUT2D eigenvalue weighted by atomic mass is 19.1. The summed E-state index contributed by atoms with van der Waals surface area (Å²) in [5.74, 6) is -0.997. The zero-order valence-electron chi connectivity index (χ0n) is 6.42. The summed E-state index contributed by atoms with van der Waals surface area (Å²) >= 11 is 0. The first-order valence-corrected chi connectivity index (χ1v) is 3.31. The molecule has 0 spiro atoms. The first kappa shape index (κ1) is 9.02. The summed E-state index contributed by atoms with van der Waals surface area (Å²) in [7, 11) is 0. The Bertz CT molecular complexity index is 384. The van der Waals surface area contributed by atoms with E-state index in [2.05, 4.69) is 15.2 Å². The van der Waals surface area contributed by atoms with E-state index in [1.807, 2.05) is 0 Å². The highest BCUT2D eigenvalue weighted by molar-refractivity contribution is 5.99. The maximum Gasteiger partial charge on any atom is 0.175 e. The lowest BCUT2D eigenvalue weighted by Gasteiger charge is -1.97. The Morgan fingerprint density at radius 1 is 1.46 bits per heavy atom. The lowest BCUT2D eigenvalue weighted by molar-refractivity contribution is 0.318. The second-order valence-electron chi connectivity index (χ2n) is 2.09. The van der Waals surface area contributed by atoms with Gasteiger partial charge in [0.2, 0.25) is 0 Å². The molecule has 0 aromatic heterocycles. The largest absolute Gasteiger partial charge is 0.410 e. The Labute approximate surface area is 72.7 Å². The second kappa shape index (κ2) is 4.08. The Morgan fingerprint density at radius 3 is 2.69 bits per heavy atom. The fourth-order valence-corrected chi connectivity index (χ4v) is 0.813. The molecule has 0 fully saturated rings. The minimum absolute atomic E-state index is 0.0391. The van der Waals surface area contributed by atoms with E-state index < -0.39 is 5.82 Å². The lowest BCUT2D eigenvalue weighted by Crippen LogP contribution is -1.98. The summed E-state index contributed by atoms with van der Waals surface area (Å²) in [6, 6.07) is 5.53. The van der Waals surface area contributed by atoms with Gasteiger partial charge < -0.3 is 5.21 Å². The summed E-state index contributed by atoms with van der Waals surface area (Å²) in [5, 5.41) is 14.1. The first-order chi connectivity index (χ1) is 6.29. The molecule has 1 aromatic rings. The Balaban J connectivity index is 3.20. The maximum absolute atomic E-state index is 13.0. The van der Waals surface area contributed by atoms with Crippen molar-refractivity contribution in [1.29, 1.82) is 0 Å². The number of nitrogens with zero attached hydrogens (tertiary/aromatic N) is 4. The van der Waals surface area contributed by atoms with Gasteiger partial charge >= 0.3 is 0 Å². The average molecular weight is 180 g/mol. The van der Waals surface area contributed by atoms with Crippen LogP contribution >= 0.6 is 0 Å². The summed E-state index contributed by atoms with van der Waals surface area (Å²) < 4.78 is 13.0. The molecule has 0 unspecified atom stereocenters. The maximum atomic E-state index is 13.0. The zero-order valence-corrected chi connectivity index (χ0v) is 6.42. The Kier molecular flexibility index (Phi) is 2.83. The van der Waals surface area contributed by atoms with Crippen molar-refractivity contribution in [3.8, 4) is 0 Å². The standard InChI is InChI=1S/C7H5FN4O/c8-6-4-2-1-3-5(6)7(11-13)10-12-9/h1-4,13H/b11-7-. The van der Waals surface area contributed by atoms with E-state index in [1.165, 1.54) is 24.3 Å². The SMILES string of the molecule is [N-]=[N+]=N/C(=N\O)c1ccccc1F. The normalized spacial score (nSPS) is 10.7. The minimum atomic E-state index is -0.609. The third-order valence-electron chi connectivity index (χ3n) is 1.35. The van der Waals surface area contributed by atoms with Crippen LogP contribution in [0.2, 0.25) is 0 Å². The molecule has 6 heteroatoms. The van der Waals surface area contributed by atoms with Crippen LogP contribution in [-0.4, -0.2) is 11.0 Å². The van der Waals surface area contributed by atoms with Gasteiger partial charge in [0.15, 0.2) is 5.84 Å². The zero-order chi connectivity index (χ0) is 9.68. The number of amidine groups is 1. The van der Waals surface area contributed by atoms with Crippen LogP contribution in [0.3, 0.4) is 0 Å². The van der Waals surface area contributed by atoms with Crippen molar-refractivity contribution in [3.63, 3.8) is 0 Å². The van der Waals surface area contributed by atoms with Gasteiger partial charge in [-0.1, -0.05) is 17.3 Å². The van der Waals surface area contributed by atoms with E-state index in [-0.39, 0.29) is 11.4 Å². The van der Waals surface area contributed by atoms with Crippen LogP contribution < -0.4 is 0 Å². The third kappa shape index (κ3) is 1.94. The molecule has 0 heterocycles. The van der Waals surface area contributed by atoms with Crippen LogP contribution in [0.4, 0.5) is 4.39 Å². The predicted molar refractivity (Wildman–Crippen MR) is 43.9 cm³/mol. The Hall–Kier alpha value is -2.07. The quantitative estimate of drug-likeness (QED) is 0.134. The highest BCUT2D eigenvalue weighted by Crippen LogP contribution is 2.08. The number of azide groups is 1. The van der Waals surface area contributed by atoms with Crippen molar-refractivity contribution in [2.24, 2.45) is 10.3 Å². The molecule has 0 aliphatic rings. The summed E-state index contributed by atoms with van der Waals surface area (Å²) in [6.07, 6.45) is 0. The van der Waals surface area contributed by atoms with Crippen molar-refractivity contribution >= 4 is 5.84 Å². The fraction of sp³-hybridized carbons (Fsp3) is 0. The van der Waals surface area contributed by atoms with Gasteiger partial charge in [0.05, 0.1) is 0 Å². The molecule has 0 saturated carbocycles. The van der Waals surface area contributed by atoms with Crippen LogP contribution in [0.15, 0.2) is 34.5 Å². The van der Waals surface area contributed by atoms with Gasteiger partial charge in [-0.25, -0.2) is 4.39 Å². The molecule has 0 atom stereocenters. The van der Waals surface area contributed by atoms with E-state index >= 15 is 0 Å². The van der Waals surface area contributed by atoms with Gasteiger partial charge in [0.25, 0.3) is 0 Å². The first-order valence-electron chi connectivity index (χ1n) is 3.31. The number of hydrogen-bond acceptors (Lipinski definition) is 2. The molecule has 0 saturated heterocycles. The molecule has 5 nitrogen and oxygen atoms in total. The molecule has 1 N–H and O–H groups in total. The van der Waals surface area contributed by atoms with E-state index in [0.29, 0.717) is 0 Å². The average Bonchev–Trinajstić information content (AvgIpc) is 2.16. The van der Waals surface area contributed by atoms with Crippen LogP contribution in [0, 0.1) is 5.82 Å². The monoisotopic (exact) mass is 180 g/mol. The van der Waals surface area contributed by atoms with E-state index in [4.69, 9.17) is 10.7 Å². The smallest absolute Gasteiger partial charge is 0.175 e. The number of halogens is 1. The minimum Gasteiger partial charge on any atom is -0.410 e. The van der Waals surface area contributed by atoms with Crippen LogP contribution in [0.1, 0.15) is 5.56 Å². The summed E-state index contributed by atoms with van der Waals surface area (Å²) in [5.41, 5.74) is 8.02. The third-order valence-corrected chi connectivity index (χ3v) is 1.35. The van der Waals surface area contributed by atoms with E-state index in [0.717, 1.165) is 0 Å². The molecule has 13 heavy (non-hydrogen) atoms. The van der Waals surface area contributed by atoms with Crippen molar-refractivity contribution in [2.75, 3.05) is 0 Å². The number of benzene rings is 1. The van der Waals surface area contributed by atoms with Crippen molar-refractivity contribution < 1.29 is 9.60 Å². The van der Waals surface area contributed by atoms with E-state index in [1.54, 1.807) is 0 Å². The predicted octanol–water partition coefficient (Wildman–Crippen LogP) is 2.27. The molecule has 0 aliphatic heterocycles. The topological polar surface area (TPSA) is 81.4 Å². The molecule has 66 valence electrons. The molecular weight excluding hydrogens is 175 g/mol. The second-order valence-corrected chi connectivity index (χ2v) is 2.09. The number of rotatable bonds is 1. The fourth-order valence-electron chi connectivity index (χ4n) is 0.813. The van der Waals surface area contributed by atoms with Gasteiger partial charge in [0, 0.05) is 10.5 Å². The molecule has 0 radical (unpaired) electrons. The number of oxime groups is 1. The summed E-state index contributed by atoms with van der Waals surface area (Å²) in [4.78, 5) is 2.39. The lowest BCUT2D eigenvalue weighted by atomic mass is 10.2. The van der Waals surface area contributed by atoms with Crippen molar-refractivity contribution in [3.05, 3.63) is 46.1 Å². The van der Waals surface area contributed by atoms with Crippen molar-refractivity contribution in [1.82, 2.24) is 0 Å². The molecular formula is C7H5FN4O. The van der Waals surface area contributed by atoms with Crippen molar-refractivity contribution in [2.45, 2.75) is 0 Å². The molecule has 1 aromatic carbocycles. The van der Waals surface area contributed by atoms with Gasteiger partial charge in [-0.3, -0.25) is 0 Å². The van der Waals surface area contributed by atoms with Crippen LogP contribution in [0.25, 0.3) is 10.4 Å². The van der Waals surface area contributed by atoms with Gasteiger partial charge in [-0.15, -0.1) is 0 Å². The van der Waals surface area contributed by atoms with Gasteiger partial charge in [-0.05, 0) is 22.8 Å². The Morgan fingerprint density at radius 2 is 2.15 bits per heavy atom. The highest BCUT2D eigenvalue weighted by Gasteiger charge is 2.06. The molecule has 0 amide bonds. The van der Waals surface area contributed by atoms with Crippen LogP contribution in [0.5, 0.6) is 0 Å².